The predicted octanol–water partition coefficient (Wildman–Crippen LogP) is 1.51. The number of hydrogen-bond donors (Lipinski definition) is 2. The number of aryl methyl sites for hydroxylation is 1. The number of benzene rings is 1. The average Bonchev–Trinajstić information content (AvgIpc) is 2.03. The Balaban J connectivity index is 3.01. The van der Waals surface area contributed by atoms with Gasteiger partial charge in [0.15, 0.2) is 0 Å². The fourth-order valence-corrected chi connectivity index (χ4v) is 1.25. The van der Waals surface area contributed by atoms with Gasteiger partial charge < -0.3 is 10.8 Å². The van der Waals surface area contributed by atoms with Gasteiger partial charge in [0.05, 0.1) is 6.10 Å². The van der Waals surface area contributed by atoms with E-state index in [-0.39, 0.29) is 11.9 Å². The van der Waals surface area contributed by atoms with Crippen LogP contribution in [0.2, 0.25) is 0 Å². The van der Waals surface area contributed by atoms with Gasteiger partial charge >= 0.3 is 0 Å². The van der Waals surface area contributed by atoms with Crippen LogP contribution in [0.15, 0.2) is 18.2 Å². The maximum atomic E-state index is 12.7. The molecule has 0 saturated carbocycles. The second kappa shape index (κ2) is 3.85. The molecule has 0 aliphatic carbocycles. The van der Waals surface area contributed by atoms with Crippen LogP contribution in [-0.4, -0.2) is 11.1 Å². The summed E-state index contributed by atoms with van der Waals surface area (Å²) in [4.78, 5) is 0. The summed E-state index contributed by atoms with van der Waals surface area (Å²) in [5.74, 6) is -0.293. The van der Waals surface area contributed by atoms with Gasteiger partial charge in [0, 0.05) is 6.04 Å². The molecule has 0 aliphatic heterocycles. The number of aliphatic hydroxyl groups is 1. The Bertz CT molecular complexity index is 299. The van der Waals surface area contributed by atoms with E-state index >= 15 is 0 Å². The molecular weight excluding hydrogens is 169 g/mol. The third-order valence-corrected chi connectivity index (χ3v) is 2.05. The SMILES string of the molecule is Cc1cc(F)ccc1C(O)C(C)N. The van der Waals surface area contributed by atoms with Crippen molar-refractivity contribution in [2.75, 3.05) is 0 Å². The Labute approximate surface area is 77.2 Å². The first-order chi connectivity index (χ1) is 6.02. The maximum Gasteiger partial charge on any atom is 0.123 e. The third-order valence-electron chi connectivity index (χ3n) is 2.05. The van der Waals surface area contributed by atoms with Crippen LogP contribution >= 0.6 is 0 Å². The molecule has 0 saturated heterocycles. The zero-order valence-corrected chi connectivity index (χ0v) is 7.79. The molecule has 2 atom stereocenters. The van der Waals surface area contributed by atoms with Gasteiger partial charge in [-0.1, -0.05) is 6.07 Å². The topological polar surface area (TPSA) is 46.2 Å². The molecule has 1 aromatic rings. The number of aliphatic hydroxyl groups excluding tert-OH is 1. The molecule has 3 heteroatoms. The highest BCUT2D eigenvalue weighted by Gasteiger charge is 2.14. The van der Waals surface area contributed by atoms with E-state index in [0.29, 0.717) is 5.56 Å². The molecule has 0 fully saturated rings. The lowest BCUT2D eigenvalue weighted by Crippen LogP contribution is -2.24. The van der Waals surface area contributed by atoms with E-state index in [0.717, 1.165) is 5.56 Å². The molecule has 0 aliphatic rings. The summed E-state index contributed by atoms with van der Waals surface area (Å²) in [6.45, 7) is 3.47. The predicted molar refractivity (Wildman–Crippen MR) is 49.7 cm³/mol. The van der Waals surface area contributed by atoms with Crippen LogP contribution < -0.4 is 5.73 Å². The summed E-state index contributed by atoms with van der Waals surface area (Å²) >= 11 is 0. The molecule has 3 N–H and O–H groups in total. The van der Waals surface area contributed by atoms with Gasteiger partial charge in [-0.15, -0.1) is 0 Å². The van der Waals surface area contributed by atoms with Crippen molar-refractivity contribution in [3.63, 3.8) is 0 Å². The van der Waals surface area contributed by atoms with Crippen molar-refractivity contribution >= 4 is 0 Å². The van der Waals surface area contributed by atoms with Crippen LogP contribution in [0.4, 0.5) is 4.39 Å². The molecular formula is C10H14FNO. The van der Waals surface area contributed by atoms with Crippen molar-refractivity contribution in [2.45, 2.75) is 26.0 Å². The van der Waals surface area contributed by atoms with E-state index in [2.05, 4.69) is 0 Å². The minimum atomic E-state index is -0.722. The Hall–Kier alpha value is -0.930. The van der Waals surface area contributed by atoms with Gasteiger partial charge in [-0.2, -0.15) is 0 Å². The molecule has 0 radical (unpaired) electrons. The Morgan fingerprint density at radius 2 is 2.08 bits per heavy atom. The standard InChI is InChI=1S/C10H14FNO/c1-6-5-8(11)3-4-9(6)10(13)7(2)12/h3-5,7,10,13H,12H2,1-2H3. The summed E-state index contributed by atoms with van der Waals surface area (Å²) < 4.78 is 12.7. The van der Waals surface area contributed by atoms with Crippen molar-refractivity contribution in [3.8, 4) is 0 Å². The van der Waals surface area contributed by atoms with Crippen molar-refractivity contribution in [1.29, 1.82) is 0 Å². The molecule has 2 nitrogen and oxygen atoms in total. The first-order valence-corrected chi connectivity index (χ1v) is 4.22. The summed E-state index contributed by atoms with van der Waals surface area (Å²) in [5.41, 5.74) is 6.95. The van der Waals surface area contributed by atoms with Crippen molar-refractivity contribution < 1.29 is 9.50 Å². The normalized spacial score (nSPS) is 15.5. The first kappa shape index (κ1) is 10.2. The van der Waals surface area contributed by atoms with E-state index in [4.69, 9.17) is 5.73 Å². The largest absolute Gasteiger partial charge is 0.387 e. The summed E-state index contributed by atoms with van der Waals surface area (Å²) in [6.07, 6.45) is -0.722. The van der Waals surface area contributed by atoms with Gasteiger partial charge in [0.25, 0.3) is 0 Å². The Morgan fingerprint density at radius 1 is 1.46 bits per heavy atom. The average molecular weight is 183 g/mol. The lowest BCUT2D eigenvalue weighted by molar-refractivity contribution is 0.152. The van der Waals surface area contributed by atoms with Gasteiger partial charge in [-0.25, -0.2) is 4.39 Å². The van der Waals surface area contributed by atoms with E-state index in [1.165, 1.54) is 12.1 Å². The highest BCUT2D eigenvalue weighted by Crippen LogP contribution is 2.20. The molecule has 0 aromatic heterocycles. The number of hydrogen-bond acceptors (Lipinski definition) is 2. The number of halogens is 1. The summed E-state index contributed by atoms with van der Waals surface area (Å²) in [7, 11) is 0. The molecule has 0 bridgehead atoms. The summed E-state index contributed by atoms with van der Waals surface area (Å²) in [6, 6.07) is 3.94. The lowest BCUT2D eigenvalue weighted by Gasteiger charge is -2.16. The lowest BCUT2D eigenvalue weighted by atomic mass is 9.99. The van der Waals surface area contributed by atoms with E-state index in [1.54, 1.807) is 19.9 Å². The molecule has 13 heavy (non-hydrogen) atoms. The van der Waals surface area contributed by atoms with Crippen LogP contribution in [0.25, 0.3) is 0 Å². The Morgan fingerprint density at radius 3 is 2.54 bits per heavy atom. The van der Waals surface area contributed by atoms with Crippen LogP contribution in [0.1, 0.15) is 24.2 Å². The molecule has 72 valence electrons. The quantitative estimate of drug-likeness (QED) is 0.730. The van der Waals surface area contributed by atoms with Crippen LogP contribution in [0.5, 0.6) is 0 Å². The van der Waals surface area contributed by atoms with Crippen LogP contribution in [0.3, 0.4) is 0 Å². The fourth-order valence-electron chi connectivity index (χ4n) is 1.25. The van der Waals surface area contributed by atoms with Crippen LogP contribution in [0, 0.1) is 12.7 Å². The summed E-state index contributed by atoms with van der Waals surface area (Å²) in [5, 5.41) is 9.62. The highest BCUT2D eigenvalue weighted by atomic mass is 19.1. The number of nitrogens with two attached hydrogens (primary N) is 1. The van der Waals surface area contributed by atoms with E-state index in [1.807, 2.05) is 0 Å². The third kappa shape index (κ3) is 2.26. The van der Waals surface area contributed by atoms with E-state index < -0.39 is 6.10 Å². The minimum absolute atomic E-state index is 0.293. The van der Waals surface area contributed by atoms with E-state index in [9.17, 15) is 9.50 Å². The molecule has 0 spiro atoms. The second-order valence-corrected chi connectivity index (χ2v) is 3.30. The maximum absolute atomic E-state index is 12.7. The zero-order chi connectivity index (χ0) is 10.0. The molecule has 1 rings (SSSR count). The molecule has 0 heterocycles. The zero-order valence-electron chi connectivity index (χ0n) is 7.79. The Kier molecular flexibility index (Phi) is 3.01. The van der Waals surface area contributed by atoms with Gasteiger partial charge in [-0.05, 0) is 37.1 Å². The van der Waals surface area contributed by atoms with Crippen molar-refractivity contribution in [2.24, 2.45) is 5.73 Å². The van der Waals surface area contributed by atoms with Gasteiger partial charge in [0.1, 0.15) is 5.82 Å². The first-order valence-electron chi connectivity index (χ1n) is 4.22. The smallest absolute Gasteiger partial charge is 0.123 e. The highest BCUT2D eigenvalue weighted by molar-refractivity contribution is 5.29. The number of rotatable bonds is 2. The van der Waals surface area contributed by atoms with Crippen molar-refractivity contribution in [1.82, 2.24) is 0 Å². The molecule has 1 aromatic carbocycles. The monoisotopic (exact) mass is 183 g/mol. The second-order valence-electron chi connectivity index (χ2n) is 3.30. The van der Waals surface area contributed by atoms with Gasteiger partial charge in [-0.3, -0.25) is 0 Å². The van der Waals surface area contributed by atoms with Crippen molar-refractivity contribution in [3.05, 3.63) is 35.1 Å². The molecule has 2 unspecified atom stereocenters. The van der Waals surface area contributed by atoms with Crippen LogP contribution in [-0.2, 0) is 0 Å². The minimum Gasteiger partial charge on any atom is -0.387 e. The van der Waals surface area contributed by atoms with Gasteiger partial charge in [0.2, 0.25) is 0 Å². The molecule has 0 amide bonds. The fraction of sp³-hybridized carbons (Fsp3) is 0.400.